The summed E-state index contributed by atoms with van der Waals surface area (Å²) < 4.78 is 5.34. The van der Waals surface area contributed by atoms with Crippen molar-refractivity contribution in [1.82, 2.24) is 9.97 Å². The Morgan fingerprint density at radius 1 is 1.30 bits per heavy atom. The van der Waals surface area contributed by atoms with Gasteiger partial charge in [0.1, 0.15) is 11.6 Å². The zero-order valence-electron chi connectivity index (χ0n) is 11.9. The third-order valence-corrected chi connectivity index (χ3v) is 3.60. The van der Waals surface area contributed by atoms with Crippen LogP contribution >= 0.6 is 0 Å². The zero-order valence-corrected chi connectivity index (χ0v) is 11.9. The lowest BCUT2D eigenvalue weighted by Crippen LogP contribution is -2.40. The molecular weight excluding hydrogens is 250 g/mol. The number of hydrogen-bond acceptors (Lipinski definition) is 4. The second kappa shape index (κ2) is 5.59. The van der Waals surface area contributed by atoms with E-state index in [0.29, 0.717) is 6.61 Å². The fraction of sp³-hybridized carbons (Fsp3) is 0.375. The van der Waals surface area contributed by atoms with Crippen LogP contribution in [0.3, 0.4) is 0 Å². The van der Waals surface area contributed by atoms with Gasteiger partial charge < -0.3 is 9.64 Å². The molecule has 2 heterocycles. The lowest BCUT2D eigenvalue weighted by atomic mass is 10.1. The molecule has 4 nitrogen and oxygen atoms in total. The SMILES string of the molecule is COCC1C=CCCN1c1nc(C)nc2ccccc12. The van der Waals surface area contributed by atoms with E-state index in [1.54, 1.807) is 7.11 Å². The van der Waals surface area contributed by atoms with Gasteiger partial charge in [-0.25, -0.2) is 9.97 Å². The minimum Gasteiger partial charge on any atom is -0.382 e. The smallest absolute Gasteiger partial charge is 0.140 e. The quantitative estimate of drug-likeness (QED) is 0.803. The molecular formula is C16H19N3O. The summed E-state index contributed by atoms with van der Waals surface area (Å²) in [7, 11) is 1.74. The van der Waals surface area contributed by atoms with E-state index in [1.165, 1.54) is 0 Å². The van der Waals surface area contributed by atoms with Gasteiger partial charge in [-0.3, -0.25) is 0 Å². The predicted molar refractivity (Wildman–Crippen MR) is 81.0 cm³/mol. The molecule has 1 atom stereocenters. The molecule has 0 N–H and O–H groups in total. The van der Waals surface area contributed by atoms with E-state index >= 15 is 0 Å². The lowest BCUT2D eigenvalue weighted by molar-refractivity contribution is 0.187. The molecule has 0 bridgehead atoms. The number of para-hydroxylation sites is 1. The number of nitrogens with zero attached hydrogens (tertiary/aromatic N) is 3. The molecule has 20 heavy (non-hydrogen) atoms. The molecule has 4 heteroatoms. The van der Waals surface area contributed by atoms with Crippen molar-refractivity contribution in [2.24, 2.45) is 0 Å². The number of hydrogen-bond donors (Lipinski definition) is 0. The molecule has 0 saturated carbocycles. The zero-order chi connectivity index (χ0) is 13.9. The van der Waals surface area contributed by atoms with Gasteiger partial charge >= 0.3 is 0 Å². The van der Waals surface area contributed by atoms with E-state index in [4.69, 9.17) is 4.74 Å². The van der Waals surface area contributed by atoms with Crippen LogP contribution in [0.2, 0.25) is 0 Å². The van der Waals surface area contributed by atoms with Crippen LogP contribution in [-0.4, -0.2) is 36.3 Å². The standard InChI is InChI=1S/C16H19N3O/c1-12-17-15-9-4-3-8-14(15)16(18-12)19-10-6-5-7-13(19)11-20-2/h3-5,7-9,13H,6,10-11H2,1-2H3. The van der Waals surface area contributed by atoms with Crippen molar-refractivity contribution in [3.8, 4) is 0 Å². The number of methoxy groups -OCH3 is 1. The van der Waals surface area contributed by atoms with Crippen molar-refractivity contribution in [2.45, 2.75) is 19.4 Å². The van der Waals surface area contributed by atoms with Gasteiger partial charge in [0, 0.05) is 19.0 Å². The minimum atomic E-state index is 0.242. The molecule has 1 unspecified atom stereocenters. The summed E-state index contributed by atoms with van der Waals surface area (Å²) >= 11 is 0. The number of aryl methyl sites for hydroxylation is 1. The summed E-state index contributed by atoms with van der Waals surface area (Å²) in [6.45, 7) is 3.58. The highest BCUT2D eigenvalue weighted by Crippen LogP contribution is 2.27. The Bertz CT molecular complexity index is 639. The van der Waals surface area contributed by atoms with E-state index < -0.39 is 0 Å². The molecule has 0 amide bonds. The van der Waals surface area contributed by atoms with Gasteiger partial charge in [-0.1, -0.05) is 24.3 Å². The largest absolute Gasteiger partial charge is 0.382 e. The first-order chi connectivity index (χ1) is 9.79. The lowest BCUT2D eigenvalue weighted by Gasteiger charge is -2.33. The highest BCUT2D eigenvalue weighted by molar-refractivity contribution is 5.89. The molecule has 104 valence electrons. The fourth-order valence-electron chi connectivity index (χ4n) is 2.71. The molecule has 0 spiro atoms. The van der Waals surface area contributed by atoms with Gasteiger partial charge in [0.15, 0.2) is 0 Å². The number of anilines is 1. The molecule has 1 aliphatic rings. The van der Waals surface area contributed by atoms with E-state index in [-0.39, 0.29) is 6.04 Å². The van der Waals surface area contributed by atoms with Crippen molar-refractivity contribution < 1.29 is 4.74 Å². The van der Waals surface area contributed by atoms with Gasteiger partial charge in [-0.15, -0.1) is 0 Å². The first-order valence-corrected chi connectivity index (χ1v) is 6.95. The van der Waals surface area contributed by atoms with Crippen molar-refractivity contribution >= 4 is 16.7 Å². The molecule has 2 aromatic rings. The molecule has 0 radical (unpaired) electrons. The summed E-state index contributed by atoms with van der Waals surface area (Å²) in [6, 6.07) is 8.42. The summed E-state index contributed by atoms with van der Waals surface area (Å²) in [5.74, 6) is 1.82. The third-order valence-electron chi connectivity index (χ3n) is 3.60. The second-order valence-electron chi connectivity index (χ2n) is 5.04. The maximum atomic E-state index is 5.34. The first-order valence-electron chi connectivity index (χ1n) is 6.95. The predicted octanol–water partition coefficient (Wildman–Crippen LogP) is 2.72. The van der Waals surface area contributed by atoms with E-state index in [0.717, 1.165) is 35.5 Å². The number of ether oxygens (including phenoxy) is 1. The van der Waals surface area contributed by atoms with Crippen LogP contribution < -0.4 is 4.90 Å². The highest BCUT2D eigenvalue weighted by atomic mass is 16.5. The van der Waals surface area contributed by atoms with Crippen LogP contribution in [0.15, 0.2) is 36.4 Å². The molecule has 3 rings (SSSR count). The number of rotatable bonds is 3. The molecule has 1 aromatic carbocycles. The van der Waals surface area contributed by atoms with Gasteiger partial charge in [0.25, 0.3) is 0 Å². The van der Waals surface area contributed by atoms with Crippen LogP contribution in [0.1, 0.15) is 12.2 Å². The van der Waals surface area contributed by atoms with Gasteiger partial charge in [0.05, 0.1) is 18.2 Å². The maximum absolute atomic E-state index is 5.34. The molecule has 0 aliphatic carbocycles. The summed E-state index contributed by atoms with van der Waals surface area (Å²) in [5, 5.41) is 1.11. The Kier molecular flexibility index (Phi) is 3.65. The number of aromatic nitrogens is 2. The van der Waals surface area contributed by atoms with Crippen molar-refractivity contribution in [1.29, 1.82) is 0 Å². The third kappa shape index (κ3) is 2.39. The maximum Gasteiger partial charge on any atom is 0.140 e. The Labute approximate surface area is 119 Å². The van der Waals surface area contributed by atoms with E-state index in [9.17, 15) is 0 Å². The Balaban J connectivity index is 2.10. The van der Waals surface area contributed by atoms with Crippen molar-refractivity contribution in [3.63, 3.8) is 0 Å². The normalized spacial score (nSPS) is 18.7. The van der Waals surface area contributed by atoms with Gasteiger partial charge in [-0.2, -0.15) is 0 Å². The van der Waals surface area contributed by atoms with Crippen LogP contribution in [0.4, 0.5) is 5.82 Å². The second-order valence-corrected chi connectivity index (χ2v) is 5.04. The molecule has 1 aliphatic heterocycles. The van der Waals surface area contributed by atoms with Gasteiger partial charge in [0.2, 0.25) is 0 Å². The summed E-state index contributed by atoms with van der Waals surface area (Å²) in [5.41, 5.74) is 1.00. The monoisotopic (exact) mass is 269 g/mol. The fourth-order valence-corrected chi connectivity index (χ4v) is 2.71. The number of benzene rings is 1. The first kappa shape index (κ1) is 13.1. The van der Waals surface area contributed by atoms with E-state index in [1.807, 2.05) is 25.1 Å². The van der Waals surface area contributed by atoms with Crippen molar-refractivity contribution in [3.05, 3.63) is 42.2 Å². The summed E-state index contributed by atoms with van der Waals surface area (Å²) in [6.07, 6.45) is 5.47. The van der Waals surface area contributed by atoms with E-state index in [2.05, 4.69) is 33.1 Å². The highest BCUT2D eigenvalue weighted by Gasteiger charge is 2.22. The molecule has 1 aromatic heterocycles. The Morgan fingerprint density at radius 3 is 3.00 bits per heavy atom. The van der Waals surface area contributed by atoms with Crippen LogP contribution in [-0.2, 0) is 4.74 Å². The Hall–Kier alpha value is -1.94. The van der Waals surface area contributed by atoms with Crippen molar-refractivity contribution in [2.75, 3.05) is 25.2 Å². The molecule has 0 fully saturated rings. The minimum absolute atomic E-state index is 0.242. The topological polar surface area (TPSA) is 38.2 Å². The Morgan fingerprint density at radius 2 is 2.15 bits per heavy atom. The van der Waals surface area contributed by atoms with Crippen LogP contribution in [0.25, 0.3) is 10.9 Å². The van der Waals surface area contributed by atoms with Gasteiger partial charge in [-0.05, 0) is 25.5 Å². The average Bonchev–Trinajstić information content (AvgIpc) is 2.47. The van der Waals surface area contributed by atoms with Crippen LogP contribution in [0.5, 0.6) is 0 Å². The summed E-state index contributed by atoms with van der Waals surface area (Å²) in [4.78, 5) is 11.5. The average molecular weight is 269 g/mol. The van der Waals surface area contributed by atoms with Crippen LogP contribution in [0, 0.1) is 6.92 Å². The number of fused-ring (bicyclic) bond motifs is 1. The molecule has 0 saturated heterocycles.